The molecule has 0 amide bonds. The standard InChI is InChI=1S/C21H42O5/c1-2-3-4-11-14-19(24)15-12-9-7-5-6-8-10-13-16-21(25)26-20(17-22)18-23/h19-20,22-24H,2-18H2,1H3. The second-order valence-corrected chi connectivity index (χ2v) is 7.35. The normalized spacial score (nSPS) is 12.5. The van der Waals surface area contributed by atoms with Gasteiger partial charge in [-0.25, -0.2) is 0 Å². The van der Waals surface area contributed by atoms with E-state index in [-0.39, 0.29) is 25.3 Å². The van der Waals surface area contributed by atoms with E-state index < -0.39 is 6.10 Å². The number of ether oxygens (including phenoxy) is 1. The molecule has 0 aromatic rings. The molecule has 1 unspecified atom stereocenters. The summed E-state index contributed by atoms with van der Waals surface area (Å²) in [6, 6.07) is 0. The predicted molar refractivity (Wildman–Crippen MR) is 105 cm³/mol. The Labute approximate surface area is 160 Å². The zero-order valence-corrected chi connectivity index (χ0v) is 16.8. The van der Waals surface area contributed by atoms with Crippen LogP contribution in [0.25, 0.3) is 0 Å². The van der Waals surface area contributed by atoms with Gasteiger partial charge in [-0.1, -0.05) is 77.6 Å². The van der Waals surface area contributed by atoms with Crippen molar-refractivity contribution in [3.05, 3.63) is 0 Å². The highest BCUT2D eigenvalue weighted by Crippen LogP contribution is 2.14. The Morgan fingerprint density at radius 1 is 0.769 bits per heavy atom. The third-order valence-corrected chi connectivity index (χ3v) is 4.76. The molecule has 0 aliphatic rings. The quantitative estimate of drug-likeness (QED) is 0.234. The van der Waals surface area contributed by atoms with E-state index in [4.69, 9.17) is 14.9 Å². The van der Waals surface area contributed by atoms with Gasteiger partial charge >= 0.3 is 5.97 Å². The average Bonchev–Trinajstić information content (AvgIpc) is 2.64. The van der Waals surface area contributed by atoms with Crippen LogP contribution in [-0.2, 0) is 9.53 Å². The number of hydrogen-bond acceptors (Lipinski definition) is 5. The van der Waals surface area contributed by atoms with Crippen LogP contribution in [-0.4, -0.2) is 46.7 Å². The summed E-state index contributed by atoms with van der Waals surface area (Å²) in [7, 11) is 0. The summed E-state index contributed by atoms with van der Waals surface area (Å²) in [4.78, 5) is 11.5. The fraction of sp³-hybridized carbons (Fsp3) is 0.952. The molecule has 5 nitrogen and oxygen atoms in total. The summed E-state index contributed by atoms with van der Waals surface area (Å²) < 4.78 is 4.92. The van der Waals surface area contributed by atoms with Gasteiger partial charge in [0.15, 0.2) is 0 Å². The topological polar surface area (TPSA) is 87.0 Å². The van der Waals surface area contributed by atoms with Crippen molar-refractivity contribution in [3.8, 4) is 0 Å². The van der Waals surface area contributed by atoms with Crippen LogP contribution in [0.2, 0.25) is 0 Å². The number of unbranched alkanes of at least 4 members (excludes halogenated alkanes) is 10. The predicted octanol–water partition coefficient (Wildman–Crippen LogP) is 4.12. The summed E-state index contributed by atoms with van der Waals surface area (Å²) >= 11 is 0. The summed E-state index contributed by atoms with van der Waals surface area (Å²) in [5.41, 5.74) is 0. The average molecular weight is 375 g/mol. The van der Waals surface area contributed by atoms with Crippen molar-refractivity contribution in [2.45, 2.75) is 115 Å². The molecule has 26 heavy (non-hydrogen) atoms. The number of carbonyl (C=O) groups excluding carboxylic acids is 1. The van der Waals surface area contributed by atoms with Gasteiger partial charge in [-0.05, 0) is 19.3 Å². The highest BCUT2D eigenvalue weighted by atomic mass is 16.6. The van der Waals surface area contributed by atoms with Gasteiger partial charge in [-0.3, -0.25) is 4.79 Å². The summed E-state index contributed by atoms with van der Waals surface area (Å²) in [5, 5.41) is 27.6. The second-order valence-electron chi connectivity index (χ2n) is 7.35. The molecule has 0 saturated heterocycles. The zero-order valence-electron chi connectivity index (χ0n) is 16.8. The minimum atomic E-state index is -0.780. The van der Waals surface area contributed by atoms with Gasteiger partial charge in [-0.2, -0.15) is 0 Å². The Balaban J connectivity index is 3.30. The molecule has 3 N–H and O–H groups in total. The minimum Gasteiger partial charge on any atom is -0.457 e. The SMILES string of the molecule is CCCCCCC(O)CCCCCCCCCCC(=O)OC(CO)CO. The Morgan fingerprint density at radius 3 is 1.73 bits per heavy atom. The van der Waals surface area contributed by atoms with Gasteiger partial charge < -0.3 is 20.1 Å². The van der Waals surface area contributed by atoms with Gasteiger partial charge in [-0.15, -0.1) is 0 Å². The number of rotatable bonds is 19. The molecule has 0 heterocycles. The zero-order chi connectivity index (χ0) is 19.5. The molecule has 0 spiro atoms. The number of esters is 1. The minimum absolute atomic E-state index is 0.108. The van der Waals surface area contributed by atoms with E-state index in [2.05, 4.69) is 6.92 Å². The van der Waals surface area contributed by atoms with E-state index in [1.807, 2.05) is 0 Å². The molecule has 0 fully saturated rings. The van der Waals surface area contributed by atoms with Gasteiger partial charge in [0, 0.05) is 6.42 Å². The monoisotopic (exact) mass is 374 g/mol. The lowest BCUT2D eigenvalue weighted by atomic mass is 10.0. The number of aliphatic hydroxyl groups excluding tert-OH is 3. The first-order valence-electron chi connectivity index (χ1n) is 10.7. The van der Waals surface area contributed by atoms with Crippen molar-refractivity contribution < 1.29 is 24.9 Å². The highest BCUT2D eigenvalue weighted by molar-refractivity contribution is 5.69. The van der Waals surface area contributed by atoms with Crippen LogP contribution >= 0.6 is 0 Å². The van der Waals surface area contributed by atoms with Crippen molar-refractivity contribution in [1.82, 2.24) is 0 Å². The molecule has 5 heteroatoms. The lowest BCUT2D eigenvalue weighted by Crippen LogP contribution is -2.25. The van der Waals surface area contributed by atoms with E-state index in [9.17, 15) is 9.90 Å². The van der Waals surface area contributed by atoms with E-state index in [0.717, 1.165) is 44.9 Å². The van der Waals surface area contributed by atoms with Crippen molar-refractivity contribution in [1.29, 1.82) is 0 Å². The summed E-state index contributed by atoms with van der Waals surface area (Å²) in [6.07, 6.45) is 15.2. The molecule has 0 rings (SSSR count). The first-order chi connectivity index (χ1) is 12.6. The van der Waals surface area contributed by atoms with E-state index >= 15 is 0 Å². The maximum atomic E-state index is 11.5. The van der Waals surface area contributed by atoms with Crippen LogP contribution in [0.3, 0.4) is 0 Å². The highest BCUT2D eigenvalue weighted by Gasteiger charge is 2.11. The van der Waals surface area contributed by atoms with Crippen molar-refractivity contribution in [3.63, 3.8) is 0 Å². The lowest BCUT2D eigenvalue weighted by Gasteiger charge is -2.12. The Bertz CT molecular complexity index is 305. The van der Waals surface area contributed by atoms with Crippen molar-refractivity contribution in [2.75, 3.05) is 13.2 Å². The number of aliphatic hydroxyl groups is 3. The molecular formula is C21H42O5. The number of hydrogen-bond donors (Lipinski definition) is 3. The third-order valence-electron chi connectivity index (χ3n) is 4.76. The molecule has 1 atom stereocenters. The fourth-order valence-corrected chi connectivity index (χ4v) is 3.04. The molecule has 156 valence electrons. The maximum absolute atomic E-state index is 11.5. The van der Waals surface area contributed by atoms with Crippen LogP contribution in [0.15, 0.2) is 0 Å². The van der Waals surface area contributed by atoms with E-state index in [1.165, 1.54) is 44.9 Å². The van der Waals surface area contributed by atoms with E-state index in [0.29, 0.717) is 6.42 Å². The molecule has 0 bridgehead atoms. The molecular weight excluding hydrogens is 332 g/mol. The van der Waals surface area contributed by atoms with E-state index in [1.54, 1.807) is 0 Å². The first-order valence-corrected chi connectivity index (χ1v) is 10.7. The fourth-order valence-electron chi connectivity index (χ4n) is 3.04. The van der Waals surface area contributed by atoms with Crippen LogP contribution < -0.4 is 0 Å². The summed E-state index contributed by atoms with van der Waals surface area (Å²) in [5.74, 6) is -0.341. The smallest absolute Gasteiger partial charge is 0.306 e. The van der Waals surface area contributed by atoms with Gasteiger partial charge in [0.05, 0.1) is 19.3 Å². The van der Waals surface area contributed by atoms with Crippen molar-refractivity contribution in [2.24, 2.45) is 0 Å². The Kier molecular flexibility index (Phi) is 18.6. The Hall–Kier alpha value is -0.650. The lowest BCUT2D eigenvalue weighted by molar-refractivity contribution is -0.153. The van der Waals surface area contributed by atoms with Crippen LogP contribution in [0, 0.1) is 0 Å². The second kappa shape index (κ2) is 19.1. The molecule has 0 aliphatic carbocycles. The first kappa shape index (κ1) is 25.4. The molecule has 0 aromatic heterocycles. The molecule has 0 aromatic carbocycles. The van der Waals surface area contributed by atoms with Crippen LogP contribution in [0.1, 0.15) is 103 Å². The largest absolute Gasteiger partial charge is 0.457 e. The number of carbonyl (C=O) groups is 1. The van der Waals surface area contributed by atoms with Gasteiger partial charge in [0.2, 0.25) is 0 Å². The van der Waals surface area contributed by atoms with Crippen molar-refractivity contribution >= 4 is 5.97 Å². The third kappa shape index (κ3) is 16.8. The summed E-state index contributed by atoms with van der Waals surface area (Å²) in [6.45, 7) is 1.53. The molecule has 0 saturated carbocycles. The molecule has 0 aliphatic heterocycles. The van der Waals surface area contributed by atoms with Gasteiger partial charge in [0.1, 0.15) is 6.10 Å². The van der Waals surface area contributed by atoms with Gasteiger partial charge in [0.25, 0.3) is 0 Å². The Morgan fingerprint density at radius 2 is 1.23 bits per heavy atom. The molecule has 0 radical (unpaired) electrons. The van der Waals surface area contributed by atoms with Crippen LogP contribution in [0.5, 0.6) is 0 Å². The van der Waals surface area contributed by atoms with Crippen LogP contribution in [0.4, 0.5) is 0 Å². The maximum Gasteiger partial charge on any atom is 0.306 e.